The molecule has 1 aromatic rings. The molecular formula is C13H13ClN2. The van der Waals surface area contributed by atoms with Crippen LogP contribution < -0.4 is 0 Å². The zero-order valence-electron chi connectivity index (χ0n) is 9.63. The van der Waals surface area contributed by atoms with Crippen LogP contribution >= 0.6 is 11.6 Å². The molecule has 0 fully saturated rings. The quantitative estimate of drug-likeness (QED) is 0.743. The number of rotatable bonds is 1. The van der Waals surface area contributed by atoms with Gasteiger partial charge < -0.3 is 0 Å². The van der Waals surface area contributed by atoms with Crippen LogP contribution in [0.25, 0.3) is 0 Å². The summed E-state index contributed by atoms with van der Waals surface area (Å²) in [6, 6.07) is 7.74. The molecule has 1 aromatic carbocycles. The van der Waals surface area contributed by atoms with Crippen LogP contribution in [0, 0.1) is 22.7 Å². The van der Waals surface area contributed by atoms with E-state index in [1.807, 2.05) is 26.8 Å². The molecule has 0 heterocycles. The third-order valence-electron chi connectivity index (χ3n) is 2.34. The van der Waals surface area contributed by atoms with Gasteiger partial charge >= 0.3 is 0 Å². The fourth-order valence-corrected chi connectivity index (χ4v) is 1.94. The van der Waals surface area contributed by atoms with Gasteiger partial charge in [-0.25, -0.2) is 0 Å². The Balaban J connectivity index is 3.45. The molecule has 0 amide bonds. The van der Waals surface area contributed by atoms with Gasteiger partial charge in [-0.3, -0.25) is 0 Å². The SMILES string of the molecule is CC(C)(C)c1cc(CC#N)cc(C#N)c1Cl. The Labute approximate surface area is 101 Å². The molecule has 0 unspecified atom stereocenters. The van der Waals surface area contributed by atoms with Gasteiger partial charge in [-0.05, 0) is 22.6 Å². The minimum Gasteiger partial charge on any atom is -0.198 e. The maximum absolute atomic E-state index is 8.98. The highest BCUT2D eigenvalue weighted by Crippen LogP contribution is 2.32. The molecule has 0 atom stereocenters. The first-order valence-electron chi connectivity index (χ1n) is 5.00. The number of benzene rings is 1. The van der Waals surface area contributed by atoms with E-state index in [1.165, 1.54) is 0 Å². The highest BCUT2D eigenvalue weighted by Gasteiger charge is 2.20. The second-order valence-electron chi connectivity index (χ2n) is 4.70. The van der Waals surface area contributed by atoms with Crippen LogP contribution in [-0.2, 0) is 11.8 Å². The van der Waals surface area contributed by atoms with Crippen LogP contribution in [0.2, 0.25) is 5.02 Å². The van der Waals surface area contributed by atoms with Crippen molar-refractivity contribution in [3.63, 3.8) is 0 Å². The molecule has 16 heavy (non-hydrogen) atoms. The minimum atomic E-state index is -0.131. The molecule has 0 aliphatic heterocycles. The lowest BCUT2D eigenvalue weighted by Gasteiger charge is -2.22. The van der Waals surface area contributed by atoms with Crippen LogP contribution in [0.1, 0.15) is 37.5 Å². The van der Waals surface area contributed by atoms with Crippen LogP contribution in [-0.4, -0.2) is 0 Å². The molecule has 0 N–H and O–H groups in total. The zero-order chi connectivity index (χ0) is 12.3. The molecule has 0 aliphatic carbocycles. The molecule has 82 valence electrons. The fourth-order valence-electron chi connectivity index (χ4n) is 1.50. The van der Waals surface area contributed by atoms with Gasteiger partial charge in [-0.2, -0.15) is 10.5 Å². The molecule has 3 heteroatoms. The summed E-state index contributed by atoms with van der Waals surface area (Å²) in [5.74, 6) is 0. The first-order chi connectivity index (χ1) is 7.40. The Morgan fingerprint density at radius 2 is 1.88 bits per heavy atom. The van der Waals surface area contributed by atoms with E-state index in [1.54, 1.807) is 6.07 Å². The van der Waals surface area contributed by atoms with Crippen LogP contribution in [0.4, 0.5) is 0 Å². The Kier molecular flexibility index (Phi) is 3.58. The predicted octanol–water partition coefficient (Wildman–Crippen LogP) is 3.58. The normalized spacial score (nSPS) is 10.6. The topological polar surface area (TPSA) is 47.6 Å². The van der Waals surface area contributed by atoms with Crippen molar-refractivity contribution in [2.24, 2.45) is 0 Å². The Morgan fingerprint density at radius 1 is 1.25 bits per heavy atom. The van der Waals surface area contributed by atoms with Gasteiger partial charge in [0.05, 0.1) is 23.1 Å². The van der Waals surface area contributed by atoms with Gasteiger partial charge in [-0.1, -0.05) is 38.4 Å². The highest BCUT2D eigenvalue weighted by molar-refractivity contribution is 6.32. The van der Waals surface area contributed by atoms with Gasteiger partial charge in [0, 0.05) is 0 Å². The van der Waals surface area contributed by atoms with E-state index in [2.05, 4.69) is 12.1 Å². The predicted molar refractivity (Wildman–Crippen MR) is 64.2 cm³/mol. The van der Waals surface area contributed by atoms with Gasteiger partial charge in [0.25, 0.3) is 0 Å². The van der Waals surface area contributed by atoms with E-state index < -0.39 is 0 Å². The number of nitriles is 2. The Bertz CT molecular complexity index is 484. The molecule has 1 rings (SSSR count). The van der Waals surface area contributed by atoms with Gasteiger partial charge in [0.1, 0.15) is 6.07 Å². The average molecular weight is 233 g/mol. The van der Waals surface area contributed by atoms with Crippen molar-refractivity contribution in [3.8, 4) is 12.1 Å². The number of nitrogens with zero attached hydrogens (tertiary/aromatic N) is 2. The van der Waals surface area contributed by atoms with Crippen molar-refractivity contribution in [3.05, 3.63) is 33.8 Å². The summed E-state index contributed by atoms with van der Waals surface area (Å²) < 4.78 is 0. The first kappa shape index (κ1) is 12.6. The molecule has 0 saturated heterocycles. The summed E-state index contributed by atoms with van der Waals surface area (Å²) in [6.07, 6.45) is 0.301. The number of hydrogen-bond donors (Lipinski definition) is 0. The molecule has 0 radical (unpaired) electrons. The summed E-state index contributed by atoms with van der Waals surface area (Å²) in [4.78, 5) is 0. The van der Waals surface area contributed by atoms with Gasteiger partial charge in [-0.15, -0.1) is 0 Å². The molecule has 0 aliphatic rings. The smallest absolute Gasteiger partial charge is 0.101 e. The molecule has 0 bridgehead atoms. The lowest BCUT2D eigenvalue weighted by Crippen LogP contribution is -2.13. The fraction of sp³-hybridized carbons (Fsp3) is 0.385. The van der Waals surface area contributed by atoms with Crippen molar-refractivity contribution in [2.75, 3.05) is 0 Å². The molecule has 0 aromatic heterocycles. The van der Waals surface area contributed by atoms with Crippen molar-refractivity contribution in [1.29, 1.82) is 10.5 Å². The highest BCUT2D eigenvalue weighted by atomic mass is 35.5. The minimum absolute atomic E-state index is 0.131. The standard InChI is InChI=1S/C13H13ClN2/c1-13(2,3)11-7-9(4-5-15)6-10(8-16)12(11)14/h6-7H,4H2,1-3H3. The molecule has 2 nitrogen and oxygen atoms in total. The second kappa shape index (κ2) is 4.56. The van der Waals surface area contributed by atoms with E-state index >= 15 is 0 Å². The second-order valence-corrected chi connectivity index (χ2v) is 5.08. The van der Waals surface area contributed by atoms with Crippen molar-refractivity contribution < 1.29 is 0 Å². The van der Waals surface area contributed by atoms with E-state index in [9.17, 15) is 0 Å². The van der Waals surface area contributed by atoms with Gasteiger partial charge in [0.2, 0.25) is 0 Å². The third-order valence-corrected chi connectivity index (χ3v) is 2.75. The third kappa shape index (κ3) is 2.54. The van der Waals surface area contributed by atoms with Crippen LogP contribution in [0.3, 0.4) is 0 Å². The van der Waals surface area contributed by atoms with E-state index in [4.69, 9.17) is 22.1 Å². The van der Waals surface area contributed by atoms with Crippen LogP contribution in [0.15, 0.2) is 12.1 Å². The summed E-state index contributed by atoms with van der Waals surface area (Å²) >= 11 is 6.16. The van der Waals surface area contributed by atoms with Crippen molar-refractivity contribution in [1.82, 2.24) is 0 Å². The maximum atomic E-state index is 8.98. The van der Waals surface area contributed by atoms with Crippen LogP contribution in [0.5, 0.6) is 0 Å². The zero-order valence-corrected chi connectivity index (χ0v) is 10.4. The van der Waals surface area contributed by atoms with Crippen molar-refractivity contribution in [2.45, 2.75) is 32.6 Å². The molecule has 0 saturated carbocycles. The lowest BCUT2D eigenvalue weighted by molar-refractivity contribution is 0.589. The number of halogens is 1. The summed E-state index contributed by atoms with van der Waals surface area (Å²) in [6.45, 7) is 6.10. The largest absolute Gasteiger partial charge is 0.198 e. The maximum Gasteiger partial charge on any atom is 0.101 e. The Hall–Kier alpha value is -1.51. The average Bonchev–Trinajstić information content (AvgIpc) is 2.19. The first-order valence-corrected chi connectivity index (χ1v) is 5.38. The molecule has 0 spiro atoms. The lowest BCUT2D eigenvalue weighted by atomic mass is 9.84. The van der Waals surface area contributed by atoms with E-state index in [0.717, 1.165) is 11.1 Å². The van der Waals surface area contributed by atoms with Gasteiger partial charge in [0.15, 0.2) is 0 Å². The number of hydrogen-bond acceptors (Lipinski definition) is 2. The monoisotopic (exact) mass is 232 g/mol. The summed E-state index contributed by atoms with van der Waals surface area (Å²) in [7, 11) is 0. The Morgan fingerprint density at radius 3 is 2.31 bits per heavy atom. The van der Waals surface area contributed by atoms with E-state index in [-0.39, 0.29) is 5.41 Å². The molecular weight excluding hydrogens is 220 g/mol. The summed E-state index contributed by atoms with van der Waals surface area (Å²) in [5.41, 5.74) is 2.07. The summed E-state index contributed by atoms with van der Waals surface area (Å²) in [5, 5.41) is 18.2. The van der Waals surface area contributed by atoms with Crippen molar-refractivity contribution >= 4 is 11.6 Å². The van der Waals surface area contributed by atoms with E-state index in [0.29, 0.717) is 17.0 Å².